The minimum absolute atomic E-state index is 0.412. The largest absolute Gasteiger partial charge is 0.344 e. The molecule has 1 aliphatic carbocycles. The van der Waals surface area contributed by atoms with E-state index >= 15 is 0 Å². The van der Waals surface area contributed by atoms with Gasteiger partial charge < -0.3 is 10.2 Å². The maximum atomic E-state index is 13.7. The summed E-state index contributed by atoms with van der Waals surface area (Å²) in [7, 11) is 1.58. The molecule has 1 spiro atoms. The standard InChI is InChI=1S/C26H27N5O5/c1-29-24(36)30(21(33)25(29)15-9-4-10-16-25)17-20(32)28-31-22(34)26(27-23(31)35,18-11-5-2-6-12-18)19-13-7-3-8-14-19/h2-3,5-8,11-14H,4,9-10,15-17H2,1H3,(H,27,35)(H,28,32). The molecule has 2 aliphatic heterocycles. The molecule has 2 heterocycles. The number of urea groups is 2. The molecule has 5 rings (SSSR count). The first kappa shape index (κ1) is 23.5. The summed E-state index contributed by atoms with van der Waals surface area (Å²) in [6.07, 6.45) is 3.75. The fourth-order valence-corrected chi connectivity index (χ4v) is 5.54. The third kappa shape index (κ3) is 3.43. The molecule has 7 amide bonds. The predicted octanol–water partition coefficient (Wildman–Crippen LogP) is 2.11. The highest BCUT2D eigenvalue weighted by molar-refractivity contribution is 6.12. The molecule has 2 aromatic carbocycles. The fourth-order valence-electron chi connectivity index (χ4n) is 5.54. The van der Waals surface area contributed by atoms with Crippen LogP contribution in [0, 0.1) is 0 Å². The molecule has 0 aromatic heterocycles. The van der Waals surface area contributed by atoms with Crippen LogP contribution in [-0.2, 0) is 19.9 Å². The number of carbonyl (C=O) groups is 5. The number of benzene rings is 2. The highest BCUT2D eigenvalue weighted by Gasteiger charge is 2.57. The lowest BCUT2D eigenvalue weighted by atomic mass is 9.81. The van der Waals surface area contributed by atoms with Crippen molar-refractivity contribution in [3.05, 3.63) is 71.8 Å². The molecule has 3 fully saturated rings. The molecule has 0 atom stereocenters. The molecule has 3 aliphatic rings. The highest BCUT2D eigenvalue weighted by Crippen LogP contribution is 2.39. The summed E-state index contributed by atoms with van der Waals surface area (Å²) >= 11 is 0. The molecule has 2 aromatic rings. The van der Waals surface area contributed by atoms with Crippen LogP contribution in [-0.4, -0.2) is 63.7 Å². The summed E-state index contributed by atoms with van der Waals surface area (Å²) < 4.78 is 0. The Morgan fingerprint density at radius 1 is 0.861 bits per heavy atom. The predicted molar refractivity (Wildman–Crippen MR) is 128 cm³/mol. The van der Waals surface area contributed by atoms with Gasteiger partial charge >= 0.3 is 12.1 Å². The van der Waals surface area contributed by atoms with Crippen molar-refractivity contribution in [2.24, 2.45) is 0 Å². The maximum Gasteiger partial charge on any atom is 0.344 e. The van der Waals surface area contributed by atoms with Gasteiger partial charge in [-0.25, -0.2) is 9.59 Å². The van der Waals surface area contributed by atoms with Crippen molar-refractivity contribution in [3.8, 4) is 0 Å². The molecule has 36 heavy (non-hydrogen) atoms. The van der Waals surface area contributed by atoms with Crippen LogP contribution in [0.1, 0.15) is 43.2 Å². The summed E-state index contributed by atoms with van der Waals surface area (Å²) in [6, 6.07) is 16.1. The topological polar surface area (TPSA) is 119 Å². The molecule has 2 saturated heterocycles. The SMILES string of the molecule is CN1C(=O)N(CC(=O)NN2C(=O)NC(c3ccccc3)(c3ccccc3)C2=O)C(=O)C12CCCCC2. The number of rotatable bonds is 5. The zero-order chi connectivity index (χ0) is 25.5. The average Bonchev–Trinajstić information content (AvgIpc) is 3.25. The number of amides is 7. The number of imide groups is 2. The minimum Gasteiger partial charge on any atom is -0.314 e. The minimum atomic E-state index is -1.54. The molecule has 10 heteroatoms. The molecule has 10 nitrogen and oxygen atoms in total. The first-order valence-corrected chi connectivity index (χ1v) is 12.0. The van der Waals surface area contributed by atoms with E-state index in [1.807, 2.05) is 0 Å². The molecule has 0 radical (unpaired) electrons. The van der Waals surface area contributed by atoms with E-state index in [2.05, 4.69) is 10.7 Å². The van der Waals surface area contributed by atoms with Crippen molar-refractivity contribution in [2.45, 2.75) is 43.2 Å². The van der Waals surface area contributed by atoms with E-state index in [4.69, 9.17) is 0 Å². The number of hydrazine groups is 1. The second kappa shape index (κ2) is 8.78. The van der Waals surface area contributed by atoms with Gasteiger partial charge in [-0.3, -0.25) is 24.7 Å². The summed E-state index contributed by atoms with van der Waals surface area (Å²) in [5.74, 6) is -1.93. The number of hydrogen-bond acceptors (Lipinski definition) is 5. The third-order valence-corrected chi connectivity index (χ3v) is 7.46. The Morgan fingerprint density at radius 2 is 1.42 bits per heavy atom. The molecule has 0 unspecified atom stereocenters. The molecule has 186 valence electrons. The fraction of sp³-hybridized carbons (Fsp3) is 0.346. The molecule has 0 bridgehead atoms. The molecule has 2 N–H and O–H groups in total. The summed E-state index contributed by atoms with van der Waals surface area (Å²) in [4.78, 5) is 68.0. The maximum absolute atomic E-state index is 13.7. The van der Waals surface area contributed by atoms with Gasteiger partial charge in [0.15, 0.2) is 5.54 Å². The monoisotopic (exact) mass is 489 g/mol. The van der Waals surface area contributed by atoms with Crippen molar-refractivity contribution in [1.82, 2.24) is 25.6 Å². The Kier molecular flexibility index (Phi) is 5.74. The van der Waals surface area contributed by atoms with E-state index < -0.39 is 47.4 Å². The molecular weight excluding hydrogens is 462 g/mol. The van der Waals surface area contributed by atoms with Gasteiger partial charge in [-0.15, -0.1) is 0 Å². The van der Waals surface area contributed by atoms with Crippen LogP contribution >= 0.6 is 0 Å². The van der Waals surface area contributed by atoms with Crippen molar-refractivity contribution in [1.29, 1.82) is 0 Å². The van der Waals surface area contributed by atoms with E-state index in [0.29, 0.717) is 29.0 Å². The average molecular weight is 490 g/mol. The zero-order valence-electron chi connectivity index (χ0n) is 19.9. The Morgan fingerprint density at radius 3 is 1.97 bits per heavy atom. The van der Waals surface area contributed by atoms with Crippen molar-refractivity contribution < 1.29 is 24.0 Å². The van der Waals surface area contributed by atoms with Crippen LogP contribution in [0.2, 0.25) is 0 Å². The first-order chi connectivity index (χ1) is 17.3. The molecule has 1 saturated carbocycles. The van der Waals surface area contributed by atoms with Crippen LogP contribution in [0.25, 0.3) is 0 Å². The van der Waals surface area contributed by atoms with Crippen LogP contribution in [0.3, 0.4) is 0 Å². The van der Waals surface area contributed by atoms with Crippen LogP contribution in [0.5, 0.6) is 0 Å². The van der Waals surface area contributed by atoms with Crippen LogP contribution in [0.15, 0.2) is 60.7 Å². The summed E-state index contributed by atoms with van der Waals surface area (Å²) in [5.41, 5.74) is 0.898. The smallest absolute Gasteiger partial charge is 0.314 e. The lowest BCUT2D eigenvalue weighted by molar-refractivity contribution is -0.141. The van der Waals surface area contributed by atoms with Crippen LogP contribution in [0.4, 0.5) is 9.59 Å². The number of carbonyl (C=O) groups excluding carboxylic acids is 5. The molecular formula is C26H27N5O5. The Bertz CT molecular complexity index is 1190. The van der Waals surface area contributed by atoms with E-state index in [0.717, 1.165) is 24.2 Å². The lowest BCUT2D eigenvalue weighted by Crippen LogP contribution is -2.52. The van der Waals surface area contributed by atoms with Crippen molar-refractivity contribution in [3.63, 3.8) is 0 Å². The Hall–Kier alpha value is -4.21. The number of likely N-dealkylation sites (N-methyl/N-ethyl adjacent to an activating group) is 1. The van der Waals surface area contributed by atoms with Crippen LogP contribution < -0.4 is 10.7 Å². The van der Waals surface area contributed by atoms with E-state index in [1.165, 1.54) is 4.90 Å². The number of hydrogen-bond donors (Lipinski definition) is 2. The second-order valence-electron chi connectivity index (χ2n) is 9.41. The van der Waals surface area contributed by atoms with E-state index in [1.54, 1.807) is 67.7 Å². The van der Waals surface area contributed by atoms with Gasteiger partial charge in [0.1, 0.15) is 12.1 Å². The summed E-state index contributed by atoms with van der Waals surface area (Å²) in [6.45, 7) is -0.593. The van der Waals surface area contributed by atoms with E-state index in [-0.39, 0.29) is 0 Å². The Balaban J connectivity index is 1.38. The summed E-state index contributed by atoms with van der Waals surface area (Å²) in [5, 5.41) is 3.36. The van der Waals surface area contributed by atoms with Gasteiger partial charge in [0, 0.05) is 7.05 Å². The van der Waals surface area contributed by atoms with Gasteiger partial charge in [-0.05, 0) is 24.0 Å². The third-order valence-electron chi connectivity index (χ3n) is 7.46. The highest BCUT2D eigenvalue weighted by atomic mass is 16.2. The van der Waals surface area contributed by atoms with Gasteiger partial charge in [0.25, 0.3) is 17.7 Å². The van der Waals surface area contributed by atoms with Gasteiger partial charge in [-0.1, -0.05) is 79.9 Å². The Labute approximate surface area is 208 Å². The first-order valence-electron chi connectivity index (χ1n) is 12.0. The lowest BCUT2D eigenvalue weighted by Gasteiger charge is -2.35. The number of nitrogens with one attached hydrogen (secondary N) is 2. The zero-order valence-corrected chi connectivity index (χ0v) is 19.9. The number of nitrogens with zero attached hydrogens (tertiary/aromatic N) is 3. The quantitative estimate of drug-likeness (QED) is 0.624. The van der Waals surface area contributed by atoms with Crippen molar-refractivity contribution in [2.75, 3.05) is 13.6 Å². The van der Waals surface area contributed by atoms with Gasteiger partial charge in [-0.2, -0.15) is 5.01 Å². The second-order valence-corrected chi connectivity index (χ2v) is 9.41. The van der Waals surface area contributed by atoms with E-state index in [9.17, 15) is 24.0 Å². The van der Waals surface area contributed by atoms with Crippen molar-refractivity contribution >= 4 is 29.8 Å². The van der Waals surface area contributed by atoms with Gasteiger partial charge in [0.05, 0.1) is 0 Å². The normalized spacial score (nSPS) is 20.8. The van der Waals surface area contributed by atoms with Gasteiger partial charge in [0.2, 0.25) is 0 Å².